The van der Waals surface area contributed by atoms with Gasteiger partial charge in [0.1, 0.15) is 0 Å². The van der Waals surface area contributed by atoms with E-state index in [-0.39, 0.29) is 0 Å². The highest BCUT2D eigenvalue weighted by atomic mass is 35.5. The van der Waals surface area contributed by atoms with Gasteiger partial charge < -0.3 is 0 Å². The predicted octanol–water partition coefficient (Wildman–Crippen LogP) is 6.81. The molecule has 0 saturated heterocycles. The molecule has 0 amide bonds. The Balaban J connectivity index is 1.97. The van der Waals surface area contributed by atoms with Crippen molar-refractivity contribution >= 4 is 11.6 Å². The third-order valence-corrected chi connectivity index (χ3v) is 4.09. The van der Waals surface area contributed by atoms with E-state index in [4.69, 9.17) is 11.6 Å². The van der Waals surface area contributed by atoms with Crippen LogP contribution < -0.4 is 0 Å². The Morgan fingerprint density at radius 2 is 1.52 bits per heavy atom. The molecule has 0 unspecified atom stereocenters. The predicted molar refractivity (Wildman–Crippen MR) is 103 cm³/mol. The fourth-order valence-corrected chi connectivity index (χ4v) is 2.75. The van der Waals surface area contributed by atoms with E-state index in [1.807, 2.05) is 0 Å². The molecule has 0 aliphatic heterocycles. The van der Waals surface area contributed by atoms with Gasteiger partial charge in [-0.1, -0.05) is 77.9 Å². The Kier molecular flexibility index (Phi) is 7.16. The monoisotopic (exact) mass is 324 g/mol. The maximum Gasteiger partial charge on any atom is 0.0406 e. The van der Waals surface area contributed by atoms with Crippen molar-refractivity contribution in [3.05, 3.63) is 83.5 Å². The third-order valence-electron chi connectivity index (χ3n) is 3.93. The van der Waals surface area contributed by atoms with Crippen molar-refractivity contribution in [2.75, 3.05) is 5.88 Å². The quantitative estimate of drug-likeness (QED) is 0.387. The molecule has 0 saturated carbocycles. The lowest BCUT2D eigenvalue weighted by molar-refractivity contribution is 0.905. The van der Waals surface area contributed by atoms with Crippen molar-refractivity contribution in [1.29, 1.82) is 0 Å². The Bertz CT molecular complexity index is 644. The summed E-state index contributed by atoms with van der Waals surface area (Å²) < 4.78 is 0. The second kappa shape index (κ2) is 9.37. The summed E-state index contributed by atoms with van der Waals surface area (Å²) in [5.74, 6) is 0.596. The van der Waals surface area contributed by atoms with Crippen LogP contribution in [-0.4, -0.2) is 5.88 Å². The number of benzene rings is 2. The van der Waals surface area contributed by atoms with E-state index in [1.165, 1.54) is 27.8 Å². The van der Waals surface area contributed by atoms with E-state index in [0.29, 0.717) is 5.88 Å². The van der Waals surface area contributed by atoms with Crippen LogP contribution in [0.1, 0.15) is 32.3 Å². The zero-order valence-electron chi connectivity index (χ0n) is 14.1. The van der Waals surface area contributed by atoms with Gasteiger partial charge in [0.15, 0.2) is 0 Å². The minimum Gasteiger partial charge on any atom is -0.122 e. The summed E-state index contributed by atoms with van der Waals surface area (Å²) in [6.45, 7) is 4.28. The summed E-state index contributed by atoms with van der Waals surface area (Å²) in [5.41, 5.74) is 6.70. The molecule has 0 fully saturated rings. The minimum atomic E-state index is 0.596. The normalized spacial score (nSPS) is 11.3. The zero-order valence-corrected chi connectivity index (χ0v) is 14.8. The van der Waals surface area contributed by atoms with Crippen LogP contribution >= 0.6 is 11.6 Å². The Hall–Kier alpha value is -1.79. The molecule has 0 aliphatic carbocycles. The average Bonchev–Trinajstić information content (AvgIpc) is 2.58. The van der Waals surface area contributed by atoms with Gasteiger partial charge in [-0.15, -0.1) is 11.6 Å². The Morgan fingerprint density at radius 3 is 2.13 bits per heavy atom. The van der Waals surface area contributed by atoms with Crippen molar-refractivity contribution in [2.24, 2.45) is 0 Å². The molecule has 2 aromatic carbocycles. The molecule has 0 aliphatic rings. The van der Waals surface area contributed by atoms with Gasteiger partial charge in [0, 0.05) is 5.88 Å². The second-order valence-electron chi connectivity index (χ2n) is 6.07. The van der Waals surface area contributed by atoms with Crippen LogP contribution in [0.25, 0.3) is 11.1 Å². The fraction of sp³-hybridized carbons (Fsp3) is 0.273. The van der Waals surface area contributed by atoms with E-state index >= 15 is 0 Å². The first kappa shape index (κ1) is 17.6. The molecule has 2 rings (SSSR count). The fourth-order valence-electron chi connectivity index (χ4n) is 2.53. The van der Waals surface area contributed by atoms with Gasteiger partial charge in [-0.2, -0.15) is 0 Å². The molecule has 0 heterocycles. The van der Waals surface area contributed by atoms with E-state index in [9.17, 15) is 0 Å². The lowest BCUT2D eigenvalue weighted by Crippen LogP contribution is -1.90. The summed E-state index contributed by atoms with van der Waals surface area (Å²) in [6.07, 6.45) is 7.57. The third kappa shape index (κ3) is 6.08. The first-order valence-corrected chi connectivity index (χ1v) is 8.74. The number of halogens is 1. The molecule has 1 heteroatoms. The summed E-state index contributed by atoms with van der Waals surface area (Å²) in [6, 6.07) is 19.4. The van der Waals surface area contributed by atoms with Crippen LogP contribution in [0.2, 0.25) is 0 Å². The Labute approximate surface area is 145 Å². The second-order valence-corrected chi connectivity index (χ2v) is 6.37. The van der Waals surface area contributed by atoms with Gasteiger partial charge >= 0.3 is 0 Å². The molecule has 0 nitrogen and oxygen atoms in total. The molecule has 2 aromatic rings. The highest BCUT2D eigenvalue weighted by molar-refractivity contribution is 6.18. The van der Waals surface area contributed by atoms with E-state index in [1.54, 1.807) is 0 Å². The van der Waals surface area contributed by atoms with Crippen LogP contribution in [-0.2, 0) is 6.42 Å². The number of alkyl halides is 1. The number of aryl methyl sites for hydroxylation is 1. The van der Waals surface area contributed by atoms with E-state index in [0.717, 1.165) is 19.3 Å². The largest absolute Gasteiger partial charge is 0.122 e. The summed E-state index contributed by atoms with van der Waals surface area (Å²) in [4.78, 5) is 0. The van der Waals surface area contributed by atoms with Gasteiger partial charge in [-0.3, -0.25) is 0 Å². The van der Waals surface area contributed by atoms with Gasteiger partial charge in [0.05, 0.1) is 0 Å². The number of hydrogen-bond acceptors (Lipinski definition) is 0. The molecule has 0 bridgehead atoms. The van der Waals surface area contributed by atoms with Crippen molar-refractivity contribution < 1.29 is 0 Å². The van der Waals surface area contributed by atoms with E-state index in [2.05, 4.69) is 80.6 Å². The highest BCUT2D eigenvalue weighted by Crippen LogP contribution is 2.21. The SMILES string of the molecule is CC(C)=CCC(=CCCl)CCc1ccc(-c2ccccc2)cc1. The Morgan fingerprint density at radius 1 is 0.870 bits per heavy atom. The summed E-state index contributed by atoms with van der Waals surface area (Å²) in [7, 11) is 0. The molecule has 0 aromatic heterocycles. The number of rotatable bonds is 7. The average molecular weight is 325 g/mol. The first-order valence-electron chi connectivity index (χ1n) is 8.20. The smallest absolute Gasteiger partial charge is 0.0406 e. The lowest BCUT2D eigenvalue weighted by atomic mass is 9.99. The molecule has 0 atom stereocenters. The van der Waals surface area contributed by atoms with Crippen molar-refractivity contribution in [3.8, 4) is 11.1 Å². The molecular formula is C22H25Cl. The van der Waals surface area contributed by atoms with Gasteiger partial charge in [0.25, 0.3) is 0 Å². The standard InChI is InChI=1S/C22H25Cl/c1-18(2)8-9-20(16-17-23)11-10-19-12-14-22(15-13-19)21-6-4-3-5-7-21/h3-8,12-16H,9-11,17H2,1-2H3. The van der Waals surface area contributed by atoms with Crippen LogP contribution in [0, 0.1) is 0 Å². The molecule has 23 heavy (non-hydrogen) atoms. The number of hydrogen-bond donors (Lipinski definition) is 0. The molecule has 0 N–H and O–H groups in total. The first-order chi connectivity index (χ1) is 11.2. The van der Waals surface area contributed by atoms with Crippen LogP contribution in [0.4, 0.5) is 0 Å². The van der Waals surface area contributed by atoms with Crippen molar-refractivity contribution in [2.45, 2.75) is 33.1 Å². The topological polar surface area (TPSA) is 0 Å². The van der Waals surface area contributed by atoms with Gasteiger partial charge in [0.2, 0.25) is 0 Å². The molecule has 0 spiro atoms. The molecule has 0 radical (unpaired) electrons. The summed E-state index contributed by atoms with van der Waals surface area (Å²) in [5, 5.41) is 0. The molecular weight excluding hydrogens is 300 g/mol. The minimum absolute atomic E-state index is 0.596. The molecule has 120 valence electrons. The van der Waals surface area contributed by atoms with Gasteiger partial charge in [-0.25, -0.2) is 0 Å². The highest BCUT2D eigenvalue weighted by Gasteiger charge is 2.00. The number of allylic oxidation sites excluding steroid dienone is 4. The van der Waals surface area contributed by atoms with Crippen LogP contribution in [0.15, 0.2) is 77.9 Å². The van der Waals surface area contributed by atoms with Crippen LogP contribution in [0.3, 0.4) is 0 Å². The van der Waals surface area contributed by atoms with Crippen molar-refractivity contribution in [3.63, 3.8) is 0 Å². The maximum absolute atomic E-state index is 5.88. The maximum atomic E-state index is 5.88. The van der Waals surface area contributed by atoms with Crippen LogP contribution in [0.5, 0.6) is 0 Å². The van der Waals surface area contributed by atoms with Gasteiger partial charge in [-0.05, 0) is 49.8 Å². The zero-order chi connectivity index (χ0) is 16.5. The van der Waals surface area contributed by atoms with E-state index < -0.39 is 0 Å². The lowest BCUT2D eigenvalue weighted by Gasteiger charge is -2.07. The van der Waals surface area contributed by atoms with Crippen molar-refractivity contribution in [1.82, 2.24) is 0 Å². The summed E-state index contributed by atoms with van der Waals surface area (Å²) >= 11 is 5.88.